The molecule has 3 aromatic carbocycles. The minimum absolute atomic E-state index is 0.0319. The lowest BCUT2D eigenvalue weighted by Crippen LogP contribution is -2.06. The van der Waals surface area contributed by atoms with Crippen LogP contribution >= 0.6 is 0 Å². The summed E-state index contributed by atoms with van der Waals surface area (Å²) in [7, 11) is 0. The lowest BCUT2D eigenvalue weighted by molar-refractivity contribution is -0.137. The van der Waals surface area contributed by atoms with Crippen LogP contribution in [0.1, 0.15) is 21.5 Å². The Hall–Kier alpha value is -3.08. The lowest BCUT2D eigenvalue weighted by atomic mass is 9.97. The third-order valence-electron chi connectivity index (χ3n) is 3.92. The van der Waals surface area contributed by atoms with Crippen LogP contribution in [0.25, 0.3) is 11.1 Å². The summed E-state index contributed by atoms with van der Waals surface area (Å²) in [4.78, 5) is 11.4. The summed E-state index contributed by atoms with van der Waals surface area (Å²) in [6.07, 6.45) is -4.07. The fraction of sp³-hybridized carbons (Fsp3) is 0.0952. The van der Waals surface area contributed by atoms with Crippen LogP contribution in [0.5, 0.6) is 5.75 Å². The largest absolute Gasteiger partial charge is 0.488 e. The first kappa shape index (κ1) is 17.7. The second-order valence-electron chi connectivity index (χ2n) is 5.69. The van der Waals surface area contributed by atoms with Crippen LogP contribution in [0.4, 0.5) is 13.2 Å². The number of benzene rings is 3. The molecule has 0 spiro atoms. The van der Waals surface area contributed by atoms with E-state index in [1.807, 2.05) is 30.3 Å². The predicted molar refractivity (Wildman–Crippen MR) is 93.0 cm³/mol. The van der Waals surface area contributed by atoms with Crippen molar-refractivity contribution in [2.45, 2.75) is 12.8 Å². The molecule has 0 amide bonds. The van der Waals surface area contributed by atoms with Gasteiger partial charge in [-0.15, -0.1) is 0 Å². The van der Waals surface area contributed by atoms with Gasteiger partial charge in [0.25, 0.3) is 0 Å². The SMILES string of the molecule is O=Cc1cc(C(F)(F)F)ccc1-c1ccccc1OCc1ccccc1. The van der Waals surface area contributed by atoms with Gasteiger partial charge in [-0.05, 0) is 29.3 Å². The van der Waals surface area contributed by atoms with Crippen LogP contribution in [-0.4, -0.2) is 6.29 Å². The molecule has 132 valence electrons. The molecule has 0 N–H and O–H groups in total. The number of ether oxygens (including phenoxy) is 1. The van der Waals surface area contributed by atoms with Gasteiger partial charge < -0.3 is 4.74 Å². The Labute approximate surface area is 148 Å². The van der Waals surface area contributed by atoms with Gasteiger partial charge in [0, 0.05) is 11.1 Å². The van der Waals surface area contributed by atoms with E-state index >= 15 is 0 Å². The van der Waals surface area contributed by atoms with Crippen molar-refractivity contribution in [3.8, 4) is 16.9 Å². The molecule has 0 heterocycles. The van der Waals surface area contributed by atoms with Crippen molar-refractivity contribution >= 4 is 6.29 Å². The Morgan fingerprint density at radius 3 is 2.23 bits per heavy atom. The van der Waals surface area contributed by atoms with E-state index in [1.54, 1.807) is 24.3 Å². The molecular formula is C21H15F3O2. The average molecular weight is 356 g/mol. The highest BCUT2D eigenvalue weighted by molar-refractivity contribution is 5.89. The van der Waals surface area contributed by atoms with Gasteiger partial charge in [-0.2, -0.15) is 13.2 Å². The molecule has 0 radical (unpaired) electrons. The molecule has 0 fully saturated rings. The maximum Gasteiger partial charge on any atom is 0.416 e. The fourth-order valence-corrected chi connectivity index (χ4v) is 2.63. The van der Waals surface area contributed by atoms with E-state index in [4.69, 9.17) is 4.74 Å². The van der Waals surface area contributed by atoms with Crippen molar-refractivity contribution in [3.63, 3.8) is 0 Å². The van der Waals surface area contributed by atoms with Crippen LogP contribution in [0.15, 0.2) is 72.8 Å². The summed E-state index contributed by atoms with van der Waals surface area (Å²) in [5.41, 5.74) is 1.04. The van der Waals surface area contributed by atoms with Gasteiger partial charge in [-0.1, -0.05) is 54.6 Å². The van der Waals surface area contributed by atoms with E-state index < -0.39 is 11.7 Å². The first-order valence-electron chi connectivity index (χ1n) is 7.91. The normalized spacial score (nSPS) is 11.2. The second kappa shape index (κ2) is 7.44. The number of hydrogen-bond acceptors (Lipinski definition) is 2. The zero-order chi connectivity index (χ0) is 18.6. The molecular weight excluding hydrogens is 341 g/mol. The minimum Gasteiger partial charge on any atom is -0.488 e. The third kappa shape index (κ3) is 3.94. The van der Waals surface area contributed by atoms with Gasteiger partial charge in [0.05, 0.1) is 5.56 Å². The number of alkyl halides is 3. The molecule has 0 atom stereocenters. The Morgan fingerprint density at radius 1 is 0.846 bits per heavy atom. The molecule has 0 saturated heterocycles. The van der Waals surface area contributed by atoms with E-state index in [1.165, 1.54) is 6.07 Å². The van der Waals surface area contributed by atoms with Gasteiger partial charge in [0.1, 0.15) is 12.4 Å². The highest BCUT2D eigenvalue weighted by Crippen LogP contribution is 2.36. The number of hydrogen-bond donors (Lipinski definition) is 0. The molecule has 2 nitrogen and oxygen atoms in total. The molecule has 3 rings (SSSR count). The van der Waals surface area contributed by atoms with Gasteiger partial charge in [0.15, 0.2) is 6.29 Å². The topological polar surface area (TPSA) is 26.3 Å². The number of halogens is 3. The number of aldehydes is 1. The van der Waals surface area contributed by atoms with Crippen molar-refractivity contribution in [2.24, 2.45) is 0 Å². The Bertz CT molecular complexity index is 903. The van der Waals surface area contributed by atoms with Crippen molar-refractivity contribution in [1.82, 2.24) is 0 Å². The molecule has 0 aliphatic carbocycles. The standard InChI is InChI=1S/C21H15F3O2/c22-21(23,24)17-10-11-18(16(12-17)13-25)19-8-4-5-9-20(19)26-14-15-6-2-1-3-7-15/h1-13H,14H2. The quantitative estimate of drug-likeness (QED) is 0.543. The summed E-state index contributed by atoms with van der Waals surface area (Å²) in [6.45, 7) is 0.314. The summed E-state index contributed by atoms with van der Waals surface area (Å²) in [5.74, 6) is 0.499. The maximum atomic E-state index is 12.9. The van der Waals surface area contributed by atoms with E-state index in [0.717, 1.165) is 17.7 Å². The van der Waals surface area contributed by atoms with Crippen LogP contribution in [0, 0.1) is 0 Å². The number of carbonyl (C=O) groups is 1. The van der Waals surface area contributed by atoms with Gasteiger partial charge in [-0.25, -0.2) is 0 Å². The molecule has 3 aromatic rings. The highest BCUT2D eigenvalue weighted by Gasteiger charge is 2.31. The van der Waals surface area contributed by atoms with Crippen LogP contribution in [0.3, 0.4) is 0 Å². The third-order valence-corrected chi connectivity index (χ3v) is 3.92. The zero-order valence-corrected chi connectivity index (χ0v) is 13.7. The molecule has 0 bridgehead atoms. The van der Waals surface area contributed by atoms with E-state index in [0.29, 0.717) is 29.8 Å². The van der Waals surface area contributed by atoms with E-state index in [9.17, 15) is 18.0 Å². The zero-order valence-electron chi connectivity index (χ0n) is 13.7. The molecule has 0 unspecified atom stereocenters. The van der Waals surface area contributed by atoms with Crippen molar-refractivity contribution in [2.75, 3.05) is 0 Å². The molecule has 0 aliphatic heterocycles. The first-order chi connectivity index (χ1) is 12.5. The Balaban J connectivity index is 1.96. The molecule has 5 heteroatoms. The summed E-state index contributed by atoms with van der Waals surface area (Å²) in [5, 5.41) is 0. The van der Waals surface area contributed by atoms with Crippen LogP contribution in [0.2, 0.25) is 0 Å². The molecule has 0 aromatic heterocycles. The predicted octanol–water partition coefficient (Wildman–Crippen LogP) is 5.76. The monoisotopic (exact) mass is 356 g/mol. The smallest absolute Gasteiger partial charge is 0.416 e. The van der Waals surface area contributed by atoms with Gasteiger partial charge in [-0.3, -0.25) is 4.79 Å². The summed E-state index contributed by atoms with van der Waals surface area (Å²) in [6, 6.07) is 19.6. The average Bonchev–Trinajstić information content (AvgIpc) is 2.66. The van der Waals surface area contributed by atoms with Gasteiger partial charge >= 0.3 is 6.18 Å². The number of rotatable bonds is 5. The lowest BCUT2D eigenvalue weighted by Gasteiger charge is -2.14. The minimum atomic E-state index is -4.50. The van der Waals surface area contributed by atoms with E-state index in [2.05, 4.69) is 0 Å². The molecule has 0 saturated carbocycles. The van der Waals surface area contributed by atoms with Crippen LogP contribution in [-0.2, 0) is 12.8 Å². The highest BCUT2D eigenvalue weighted by atomic mass is 19.4. The summed E-state index contributed by atoms with van der Waals surface area (Å²) >= 11 is 0. The number of para-hydroxylation sites is 1. The van der Waals surface area contributed by atoms with E-state index in [-0.39, 0.29) is 5.56 Å². The Morgan fingerprint density at radius 2 is 1.54 bits per heavy atom. The van der Waals surface area contributed by atoms with Crippen molar-refractivity contribution in [3.05, 3.63) is 89.5 Å². The van der Waals surface area contributed by atoms with Crippen LogP contribution < -0.4 is 4.74 Å². The van der Waals surface area contributed by atoms with Gasteiger partial charge in [0.2, 0.25) is 0 Å². The first-order valence-corrected chi connectivity index (χ1v) is 7.91. The molecule has 0 aliphatic rings. The second-order valence-corrected chi connectivity index (χ2v) is 5.69. The fourth-order valence-electron chi connectivity index (χ4n) is 2.63. The van der Waals surface area contributed by atoms with Crippen molar-refractivity contribution in [1.29, 1.82) is 0 Å². The summed E-state index contributed by atoms with van der Waals surface area (Å²) < 4.78 is 44.5. The molecule has 26 heavy (non-hydrogen) atoms. The maximum absolute atomic E-state index is 12.9. The number of carbonyl (C=O) groups excluding carboxylic acids is 1. The Kier molecular flexibility index (Phi) is 5.07. The van der Waals surface area contributed by atoms with Crippen molar-refractivity contribution < 1.29 is 22.7 Å².